The average Bonchev–Trinajstić information content (AvgIpc) is 2.86. The Morgan fingerprint density at radius 2 is 2.17 bits per heavy atom. The van der Waals surface area contributed by atoms with Crippen molar-refractivity contribution in [2.24, 2.45) is 0 Å². The van der Waals surface area contributed by atoms with Gasteiger partial charge in [0.15, 0.2) is 11.4 Å². The maximum Gasteiger partial charge on any atom is 0.388 e. The van der Waals surface area contributed by atoms with Crippen molar-refractivity contribution in [1.29, 1.82) is 0 Å². The molecule has 1 aliphatic heterocycles. The van der Waals surface area contributed by atoms with Crippen molar-refractivity contribution in [3.63, 3.8) is 0 Å². The van der Waals surface area contributed by atoms with Crippen LogP contribution in [0.25, 0.3) is 0 Å². The number of sulfonamides is 1. The molecule has 0 atom stereocenters. The summed E-state index contributed by atoms with van der Waals surface area (Å²) in [5.41, 5.74) is 0.499. The molecule has 0 bridgehead atoms. The number of para-hydroxylation sites is 1. The van der Waals surface area contributed by atoms with Crippen LogP contribution in [-0.2, 0) is 16.4 Å². The SMILES string of the molecule is Cc1onc(OC(F)F)c1NS(=O)(=O)c1cccc2c1OCCC2. The minimum Gasteiger partial charge on any atom is -0.492 e. The number of alkyl halides is 2. The molecule has 0 radical (unpaired) electrons. The highest BCUT2D eigenvalue weighted by atomic mass is 32.2. The predicted octanol–water partition coefficient (Wildman–Crippen LogP) is 2.71. The molecule has 10 heteroatoms. The Kier molecular flexibility index (Phi) is 4.31. The average molecular weight is 360 g/mol. The van der Waals surface area contributed by atoms with Gasteiger partial charge < -0.3 is 14.0 Å². The number of aryl methyl sites for hydroxylation is 2. The Morgan fingerprint density at radius 3 is 2.92 bits per heavy atom. The predicted molar refractivity (Wildman–Crippen MR) is 78.9 cm³/mol. The second-order valence-corrected chi connectivity index (χ2v) is 6.75. The summed E-state index contributed by atoms with van der Waals surface area (Å²) in [6, 6.07) is 4.76. The number of nitrogens with one attached hydrogen (secondary N) is 1. The molecule has 130 valence electrons. The zero-order chi connectivity index (χ0) is 17.3. The molecule has 1 aromatic carbocycles. The summed E-state index contributed by atoms with van der Waals surface area (Å²) in [5.74, 6) is -0.363. The van der Waals surface area contributed by atoms with E-state index in [0.29, 0.717) is 13.0 Å². The van der Waals surface area contributed by atoms with Crippen LogP contribution < -0.4 is 14.2 Å². The van der Waals surface area contributed by atoms with Crippen LogP contribution in [0.3, 0.4) is 0 Å². The quantitative estimate of drug-likeness (QED) is 0.882. The number of aromatic nitrogens is 1. The Labute approximate surface area is 136 Å². The van der Waals surface area contributed by atoms with Crippen molar-refractivity contribution in [3.05, 3.63) is 29.5 Å². The topological polar surface area (TPSA) is 90.7 Å². The Bertz CT molecular complexity index is 851. The summed E-state index contributed by atoms with van der Waals surface area (Å²) in [7, 11) is -4.11. The number of nitrogens with zero attached hydrogens (tertiary/aromatic N) is 1. The van der Waals surface area contributed by atoms with E-state index in [0.717, 1.165) is 12.0 Å². The van der Waals surface area contributed by atoms with E-state index in [2.05, 4.69) is 14.6 Å². The monoisotopic (exact) mass is 360 g/mol. The molecule has 1 aliphatic rings. The van der Waals surface area contributed by atoms with Crippen LogP contribution in [0.5, 0.6) is 11.6 Å². The van der Waals surface area contributed by atoms with Crippen molar-refractivity contribution < 1.29 is 31.2 Å². The fraction of sp³-hybridized carbons (Fsp3) is 0.357. The standard InChI is InChI=1S/C14H14F2N2O5S/c1-8-11(13(17-23-8)22-14(15)16)18-24(19,20)10-6-2-4-9-5-3-7-21-12(9)10/h2,4,6,14,18H,3,5,7H2,1H3. The number of hydrogen-bond donors (Lipinski definition) is 1. The molecular formula is C14H14F2N2O5S. The summed E-state index contributed by atoms with van der Waals surface area (Å²) in [6.45, 7) is -1.38. The molecular weight excluding hydrogens is 346 g/mol. The van der Waals surface area contributed by atoms with Crippen LogP contribution in [0.4, 0.5) is 14.5 Å². The highest BCUT2D eigenvalue weighted by Crippen LogP contribution is 2.35. The number of fused-ring (bicyclic) bond motifs is 1. The highest BCUT2D eigenvalue weighted by Gasteiger charge is 2.28. The van der Waals surface area contributed by atoms with Gasteiger partial charge in [-0.15, -0.1) is 0 Å². The van der Waals surface area contributed by atoms with E-state index in [1.165, 1.54) is 13.0 Å². The number of halogens is 2. The largest absolute Gasteiger partial charge is 0.492 e. The van der Waals surface area contributed by atoms with Gasteiger partial charge in [0.2, 0.25) is 0 Å². The van der Waals surface area contributed by atoms with E-state index in [9.17, 15) is 17.2 Å². The third-order valence-electron chi connectivity index (χ3n) is 3.46. The number of ether oxygens (including phenoxy) is 2. The Hall–Kier alpha value is -2.36. The third kappa shape index (κ3) is 3.14. The zero-order valence-electron chi connectivity index (χ0n) is 12.6. The lowest BCUT2D eigenvalue weighted by Crippen LogP contribution is -2.18. The maximum absolute atomic E-state index is 12.7. The lowest BCUT2D eigenvalue weighted by atomic mass is 10.1. The maximum atomic E-state index is 12.7. The van der Waals surface area contributed by atoms with Crippen molar-refractivity contribution in [2.45, 2.75) is 31.3 Å². The summed E-state index contributed by atoms with van der Waals surface area (Å²) in [4.78, 5) is -0.0803. The first-order valence-corrected chi connectivity index (χ1v) is 8.55. The van der Waals surface area contributed by atoms with Crippen molar-refractivity contribution >= 4 is 15.7 Å². The highest BCUT2D eigenvalue weighted by molar-refractivity contribution is 7.92. The van der Waals surface area contributed by atoms with E-state index in [1.807, 2.05) is 0 Å². The molecule has 0 amide bonds. The van der Waals surface area contributed by atoms with Gasteiger partial charge in [0, 0.05) is 0 Å². The van der Waals surface area contributed by atoms with Crippen molar-refractivity contribution in [3.8, 4) is 11.6 Å². The minimum absolute atomic E-state index is 0.0000536. The van der Waals surface area contributed by atoms with Crippen LogP contribution in [0.2, 0.25) is 0 Å². The molecule has 7 nitrogen and oxygen atoms in total. The third-order valence-corrected chi connectivity index (χ3v) is 4.83. The summed E-state index contributed by atoms with van der Waals surface area (Å²) >= 11 is 0. The minimum atomic E-state index is -4.11. The smallest absolute Gasteiger partial charge is 0.388 e. The molecule has 1 N–H and O–H groups in total. The number of anilines is 1. The van der Waals surface area contributed by atoms with Gasteiger partial charge in [-0.3, -0.25) is 4.72 Å². The molecule has 0 fully saturated rings. The van der Waals surface area contributed by atoms with Crippen LogP contribution >= 0.6 is 0 Å². The lowest BCUT2D eigenvalue weighted by Gasteiger charge is -2.20. The molecule has 2 heterocycles. The van der Waals surface area contributed by atoms with Crippen molar-refractivity contribution in [1.82, 2.24) is 5.16 Å². The fourth-order valence-electron chi connectivity index (χ4n) is 2.39. The molecule has 0 unspecified atom stereocenters. The molecule has 0 saturated heterocycles. The number of rotatable bonds is 5. The van der Waals surface area contributed by atoms with E-state index in [-0.39, 0.29) is 22.1 Å². The van der Waals surface area contributed by atoms with Gasteiger partial charge in [-0.25, -0.2) is 8.42 Å². The molecule has 0 spiro atoms. The molecule has 1 aromatic heterocycles. The van der Waals surface area contributed by atoms with Crippen LogP contribution in [0.15, 0.2) is 27.6 Å². The van der Waals surface area contributed by atoms with Gasteiger partial charge in [0.05, 0.1) is 6.61 Å². The summed E-state index contributed by atoms with van der Waals surface area (Å²) < 4.78 is 66.6. The zero-order valence-corrected chi connectivity index (χ0v) is 13.4. The van der Waals surface area contributed by atoms with Gasteiger partial charge in [-0.2, -0.15) is 8.78 Å². The van der Waals surface area contributed by atoms with E-state index >= 15 is 0 Å². The summed E-state index contributed by atoms with van der Waals surface area (Å²) in [5, 5.41) is 3.29. The Morgan fingerprint density at radius 1 is 1.38 bits per heavy atom. The summed E-state index contributed by atoms with van der Waals surface area (Å²) in [6.07, 6.45) is 1.49. The van der Waals surface area contributed by atoms with E-state index in [4.69, 9.17) is 9.26 Å². The molecule has 0 saturated carbocycles. The van der Waals surface area contributed by atoms with Crippen LogP contribution in [-0.4, -0.2) is 26.8 Å². The van der Waals surface area contributed by atoms with Gasteiger partial charge in [0.1, 0.15) is 10.6 Å². The fourth-order valence-corrected chi connectivity index (χ4v) is 3.69. The number of benzene rings is 1. The van der Waals surface area contributed by atoms with E-state index in [1.54, 1.807) is 12.1 Å². The number of hydrogen-bond acceptors (Lipinski definition) is 6. The first-order valence-electron chi connectivity index (χ1n) is 7.07. The first-order chi connectivity index (χ1) is 11.4. The molecule has 3 rings (SSSR count). The molecule has 24 heavy (non-hydrogen) atoms. The lowest BCUT2D eigenvalue weighted by molar-refractivity contribution is -0.0541. The van der Waals surface area contributed by atoms with Crippen LogP contribution in [0.1, 0.15) is 17.7 Å². The van der Waals surface area contributed by atoms with Crippen LogP contribution in [0, 0.1) is 6.92 Å². The Balaban J connectivity index is 1.97. The van der Waals surface area contributed by atoms with Gasteiger partial charge in [-0.1, -0.05) is 12.1 Å². The van der Waals surface area contributed by atoms with Gasteiger partial charge in [-0.05, 0) is 36.6 Å². The second-order valence-electron chi connectivity index (χ2n) is 5.10. The molecule has 0 aliphatic carbocycles. The molecule has 2 aromatic rings. The second kappa shape index (κ2) is 6.27. The first kappa shape index (κ1) is 16.5. The van der Waals surface area contributed by atoms with Gasteiger partial charge in [0.25, 0.3) is 15.9 Å². The van der Waals surface area contributed by atoms with Gasteiger partial charge >= 0.3 is 6.61 Å². The van der Waals surface area contributed by atoms with Crippen molar-refractivity contribution in [2.75, 3.05) is 11.3 Å². The van der Waals surface area contributed by atoms with E-state index < -0.39 is 22.5 Å². The normalized spacial score (nSPS) is 14.2.